The lowest BCUT2D eigenvalue weighted by molar-refractivity contribution is 0.0357. The molecule has 0 radical (unpaired) electrons. The summed E-state index contributed by atoms with van der Waals surface area (Å²) in [6.07, 6.45) is 3.36. The second kappa shape index (κ2) is 5.66. The van der Waals surface area contributed by atoms with Crippen molar-refractivity contribution in [2.24, 2.45) is 0 Å². The molecule has 3 rings (SSSR count). The van der Waals surface area contributed by atoms with E-state index >= 15 is 0 Å². The van der Waals surface area contributed by atoms with Gasteiger partial charge in [0.1, 0.15) is 0 Å². The van der Waals surface area contributed by atoms with Gasteiger partial charge in [0.15, 0.2) is 0 Å². The van der Waals surface area contributed by atoms with Crippen LogP contribution in [-0.4, -0.2) is 28.2 Å². The average molecular weight is 404 g/mol. The number of nitrogens with one attached hydrogen (secondary N) is 1. The molecule has 108 valence electrons. The van der Waals surface area contributed by atoms with E-state index in [1.165, 1.54) is 0 Å². The SMILES string of the molecule is O=C1Nc2c(Br)cc(Br)cc2CN1[C@@H]1CCCC[C@H]1O. The van der Waals surface area contributed by atoms with Crippen molar-refractivity contribution in [3.05, 3.63) is 26.6 Å². The number of aliphatic hydroxyl groups is 1. The summed E-state index contributed by atoms with van der Waals surface area (Å²) in [5.41, 5.74) is 1.89. The average Bonchev–Trinajstić information content (AvgIpc) is 2.40. The summed E-state index contributed by atoms with van der Waals surface area (Å²) in [5.74, 6) is 0. The molecule has 1 saturated carbocycles. The summed E-state index contributed by atoms with van der Waals surface area (Å²) < 4.78 is 1.85. The first-order valence-electron chi connectivity index (χ1n) is 6.80. The zero-order valence-electron chi connectivity index (χ0n) is 10.9. The number of hydrogen-bond acceptors (Lipinski definition) is 2. The zero-order chi connectivity index (χ0) is 14.3. The summed E-state index contributed by atoms with van der Waals surface area (Å²) >= 11 is 6.95. The maximum atomic E-state index is 12.3. The van der Waals surface area contributed by atoms with Crippen molar-refractivity contribution in [2.75, 3.05) is 5.32 Å². The smallest absolute Gasteiger partial charge is 0.322 e. The highest BCUT2D eigenvalue weighted by Crippen LogP contribution is 2.36. The first-order valence-corrected chi connectivity index (χ1v) is 8.38. The Bertz CT molecular complexity index is 550. The largest absolute Gasteiger partial charge is 0.391 e. The number of nitrogens with zero attached hydrogens (tertiary/aromatic N) is 1. The van der Waals surface area contributed by atoms with Gasteiger partial charge >= 0.3 is 6.03 Å². The highest BCUT2D eigenvalue weighted by Gasteiger charge is 2.35. The molecule has 4 nitrogen and oxygen atoms in total. The van der Waals surface area contributed by atoms with Gasteiger partial charge in [-0.05, 0) is 46.5 Å². The molecule has 6 heteroatoms. The van der Waals surface area contributed by atoms with Crippen molar-refractivity contribution in [3.8, 4) is 0 Å². The molecular formula is C14H16Br2N2O2. The van der Waals surface area contributed by atoms with Crippen LogP contribution >= 0.6 is 31.9 Å². The Morgan fingerprint density at radius 3 is 2.75 bits per heavy atom. The number of hydrogen-bond donors (Lipinski definition) is 2. The Balaban J connectivity index is 1.90. The number of benzene rings is 1. The number of urea groups is 1. The lowest BCUT2D eigenvalue weighted by Crippen LogP contribution is -2.51. The quantitative estimate of drug-likeness (QED) is 0.747. The molecule has 0 saturated heterocycles. The van der Waals surface area contributed by atoms with Gasteiger partial charge in [0.05, 0.1) is 17.8 Å². The fourth-order valence-electron chi connectivity index (χ4n) is 3.05. The van der Waals surface area contributed by atoms with Gasteiger partial charge in [0.25, 0.3) is 0 Å². The van der Waals surface area contributed by atoms with Gasteiger partial charge in [0.2, 0.25) is 0 Å². The maximum Gasteiger partial charge on any atom is 0.322 e. The van der Waals surface area contributed by atoms with Crippen molar-refractivity contribution in [2.45, 2.75) is 44.4 Å². The molecule has 2 N–H and O–H groups in total. The van der Waals surface area contributed by atoms with E-state index in [1.54, 1.807) is 4.90 Å². The second-order valence-electron chi connectivity index (χ2n) is 5.40. The van der Waals surface area contributed by atoms with Gasteiger partial charge in [-0.15, -0.1) is 0 Å². The number of carbonyl (C=O) groups excluding carboxylic acids is 1. The van der Waals surface area contributed by atoms with Crippen LogP contribution in [0.25, 0.3) is 0 Å². The Kier molecular flexibility index (Phi) is 4.06. The van der Waals surface area contributed by atoms with Crippen molar-refractivity contribution in [1.29, 1.82) is 0 Å². The highest BCUT2D eigenvalue weighted by atomic mass is 79.9. The number of amides is 2. The Labute approximate surface area is 134 Å². The molecule has 1 fully saturated rings. The van der Waals surface area contributed by atoms with Crippen LogP contribution in [0.1, 0.15) is 31.2 Å². The first-order chi connectivity index (χ1) is 9.56. The normalized spacial score (nSPS) is 26.1. The minimum absolute atomic E-state index is 0.0744. The Morgan fingerprint density at radius 1 is 1.25 bits per heavy atom. The van der Waals surface area contributed by atoms with Gasteiger partial charge in [-0.3, -0.25) is 0 Å². The van der Waals surface area contributed by atoms with E-state index in [0.29, 0.717) is 6.54 Å². The standard InChI is InChI=1S/C14H16Br2N2O2/c15-9-5-8-7-18(11-3-1-2-4-12(11)19)14(20)17-13(8)10(16)6-9/h5-6,11-12,19H,1-4,7H2,(H,17,20)/t11-,12-/m1/s1. The minimum atomic E-state index is -0.411. The molecule has 0 unspecified atom stereocenters. The highest BCUT2D eigenvalue weighted by molar-refractivity contribution is 9.11. The first kappa shape index (κ1) is 14.4. The van der Waals surface area contributed by atoms with Crippen LogP contribution in [0.3, 0.4) is 0 Å². The maximum absolute atomic E-state index is 12.3. The number of aliphatic hydroxyl groups excluding tert-OH is 1. The van der Waals surface area contributed by atoms with Gasteiger partial charge in [-0.2, -0.15) is 0 Å². The molecule has 1 aliphatic carbocycles. The van der Waals surface area contributed by atoms with E-state index in [1.807, 2.05) is 12.1 Å². The van der Waals surface area contributed by atoms with E-state index in [2.05, 4.69) is 37.2 Å². The van der Waals surface area contributed by atoms with Crippen molar-refractivity contribution < 1.29 is 9.90 Å². The Hall–Kier alpha value is -0.590. The third kappa shape index (κ3) is 2.61. The van der Waals surface area contributed by atoms with Crippen LogP contribution in [0.15, 0.2) is 21.1 Å². The molecule has 2 atom stereocenters. The van der Waals surface area contributed by atoms with Gasteiger partial charge in [-0.25, -0.2) is 4.79 Å². The van der Waals surface area contributed by atoms with Crippen LogP contribution in [0.5, 0.6) is 0 Å². The summed E-state index contributed by atoms with van der Waals surface area (Å²) in [6.45, 7) is 0.543. The molecule has 2 aliphatic rings. The number of rotatable bonds is 1. The Morgan fingerprint density at radius 2 is 2.00 bits per heavy atom. The van der Waals surface area contributed by atoms with Gasteiger partial charge in [-0.1, -0.05) is 28.8 Å². The van der Waals surface area contributed by atoms with E-state index in [9.17, 15) is 9.90 Å². The van der Waals surface area contributed by atoms with Gasteiger partial charge < -0.3 is 15.3 Å². The van der Waals surface area contributed by atoms with Crippen molar-refractivity contribution in [1.82, 2.24) is 4.90 Å². The lowest BCUT2D eigenvalue weighted by atomic mass is 9.91. The molecule has 0 bridgehead atoms. The lowest BCUT2D eigenvalue weighted by Gasteiger charge is -2.40. The molecular weight excluding hydrogens is 388 g/mol. The zero-order valence-corrected chi connectivity index (χ0v) is 14.1. The topological polar surface area (TPSA) is 52.6 Å². The van der Waals surface area contributed by atoms with Crippen LogP contribution in [0.2, 0.25) is 0 Å². The fraction of sp³-hybridized carbons (Fsp3) is 0.500. The number of halogens is 2. The minimum Gasteiger partial charge on any atom is -0.391 e. The van der Waals surface area contributed by atoms with Crippen LogP contribution in [-0.2, 0) is 6.54 Å². The summed E-state index contributed by atoms with van der Waals surface area (Å²) in [6, 6.07) is 3.74. The molecule has 1 heterocycles. The number of anilines is 1. The number of carbonyl (C=O) groups is 1. The van der Waals surface area contributed by atoms with Gasteiger partial charge in [0, 0.05) is 15.5 Å². The fourth-order valence-corrected chi connectivity index (χ4v) is 4.46. The summed E-state index contributed by atoms with van der Waals surface area (Å²) in [5, 5.41) is 13.1. The summed E-state index contributed by atoms with van der Waals surface area (Å²) in [7, 11) is 0. The molecule has 1 aromatic carbocycles. The van der Waals surface area contributed by atoms with E-state index < -0.39 is 6.10 Å². The third-order valence-electron chi connectivity index (χ3n) is 4.06. The predicted molar refractivity (Wildman–Crippen MR) is 84.7 cm³/mol. The molecule has 2 amide bonds. The van der Waals surface area contributed by atoms with Crippen LogP contribution in [0, 0.1) is 0 Å². The molecule has 1 aromatic rings. The number of fused-ring (bicyclic) bond motifs is 1. The molecule has 0 spiro atoms. The van der Waals surface area contributed by atoms with Crippen LogP contribution < -0.4 is 5.32 Å². The summed E-state index contributed by atoms with van der Waals surface area (Å²) in [4.78, 5) is 14.1. The molecule has 1 aliphatic heterocycles. The van der Waals surface area contributed by atoms with E-state index in [-0.39, 0.29) is 12.1 Å². The molecule has 20 heavy (non-hydrogen) atoms. The predicted octanol–water partition coefficient (Wildman–Crippen LogP) is 3.86. The van der Waals surface area contributed by atoms with Crippen molar-refractivity contribution >= 4 is 43.6 Å². The van der Waals surface area contributed by atoms with E-state index in [4.69, 9.17) is 0 Å². The van der Waals surface area contributed by atoms with Crippen molar-refractivity contribution in [3.63, 3.8) is 0 Å². The monoisotopic (exact) mass is 402 g/mol. The van der Waals surface area contributed by atoms with E-state index in [0.717, 1.165) is 45.9 Å². The van der Waals surface area contributed by atoms with Crippen LogP contribution in [0.4, 0.5) is 10.5 Å². The third-order valence-corrected chi connectivity index (χ3v) is 5.15. The molecule has 0 aromatic heterocycles. The second-order valence-corrected chi connectivity index (χ2v) is 7.17.